The Bertz CT molecular complexity index is 539. The number of nitrogen functional groups attached to an aromatic ring is 1. The minimum Gasteiger partial charge on any atom is -0.399 e. The Hall–Kier alpha value is -2.69. The highest BCUT2D eigenvalue weighted by atomic mass is 15.0. The van der Waals surface area contributed by atoms with Crippen LogP contribution in [0.4, 0.5) is 22.7 Å². The summed E-state index contributed by atoms with van der Waals surface area (Å²) in [7, 11) is 0. The van der Waals surface area contributed by atoms with Crippen molar-refractivity contribution < 1.29 is 0 Å². The topological polar surface area (TPSA) is 102 Å². The van der Waals surface area contributed by atoms with E-state index in [1.54, 1.807) is 0 Å². The minimum atomic E-state index is 0.0502. The van der Waals surface area contributed by atoms with Crippen LogP contribution < -0.4 is 22.5 Å². The van der Waals surface area contributed by atoms with Crippen LogP contribution in [0.1, 0.15) is 0 Å². The van der Waals surface area contributed by atoms with Crippen LogP contribution in [0.15, 0.2) is 53.5 Å². The number of aliphatic imine (C=N–C) groups is 1. The number of nitrogens with two attached hydrogens (primary N) is 3. The van der Waals surface area contributed by atoms with E-state index in [2.05, 4.69) is 10.3 Å². The highest BCUT2D eigenvalue weighted by Gasteiger charge is 1.95. The Labute approximate surface area is 105 Å². The first-order valence-electron chi connectivity index (χ1n) is 5.46. The summed E-state index contributed by atoms with van der Waals surface area (Å²) in [5.74, 6) is 0.0502. The van der Waals surface area contributed by atoms with Crippen molar-refractivity contribution in [1.82, 2.24) is 0 Å². The molecule has 2 aromatic carbocycles. The molecule has 0 saturated heterocycles. The number of nitrogens with zero attached hydrogens (tertiary/aromatic N) is 1. The van der Waals surface area contributed by atoms with Crippen molar-refractivity contribution in [3.8, 4) is 0 Å². The number of nitrogens with one attached hydrogen (secondary N) is 1. The van der Waals surface area contributed by atoms with Gasteiger partial charge in [-0.15, -0.1) is 0 Å². The molecule has 0 amide bonds. The average Bonchev–Trinajstić information content (AvgIpc) is 2.34. The SMILES string of the molecule is NC(N)=Nc1ccc(Nc2ccc(N)cc2)cc1. The van der Waals surface area contributed by atoms with E-state index in [1.807, 2.05) is 48.5 Å². The van der Waals surface area contributed by atoms with Crippen molar-refractivity contribution in [2.24, 2.45) is 16.5 Å². The second kappa shape index (κ2) is 5.09. The van der Waals surface area contributed by atoms with E-state index in [9.17, 15) is 0 Å². The van der Waals surface area contributed by atoms with Crippen LogP contribution in [0.3, 0.4) is 0 Å². The van der Waals surface area contributed by atoms with E-state index in [0.717, 1.165) is 22.7 Å². The van der Waals surface area contributed by atoms with E-state index < -0.39 is 0 Å². The fourth-order valence-corrected chi connectivity index (χ4v) is 1.50. The molecule has 92 valence electrons. The summed E-state index contributed by atoms with van der Waals surface area (Å²) in [6.07, 6.45) is 0. The van der Waals surface area contributed by atoms with Gasteiger partial charge in [-0.3, -0.25) is 0 Å². The molecule has 7 N–H and O–H groups in total. The molecule has 0 unspecified atom stereocenters. The molecule has 0 spiro atoms. The van der Waals surface area contributed by atoms with E-state index >= 15 is 0 Å². The van der Waals surface area contributed by atoms with E-state index in [1.165, 1.54) is 0 Å². The zero-order valence-electron chi connectivity index (χ0n) is 9.80. The summed E-state index contributed by atoms with van der Waals surface area (Å²) in [6.45, 7) is 0. The molecular weight excluding hydrogens is 226 g/mol. The Balaban J connectivity index is 2.11. The molecule has 0 radical (unpaired) electrons. The van der Waals surface area contributed by atoms with Crippen LogP contribution in [0.2, 0.25) is 0 Å². The van der Waals surface area contributed by atoms with Gasteiger partial charge in [0.25, 0.3) is 0 Å². The number of rotatable bonds is 3. The summed E-state index contributed by atoms with van der Waals surface area (Å²) in [6, 6.07) is 15.0. The van der Waals surface area contributed by atoms with Gasteiger partial charge in [0.15, 0.2) is 5.96 Å². The summed E-state index contributed by atoms with van der Waals surface area (Å²) < 4.78 is 0. The minimum absolute atomic E-state index is 0.0502. The predicted octanol–water partition coefficient (Wildman–Crippen LogP) is 1.92. The Kier molecular flexibility index (Phi) is 3.33. The number of hydrogen-bond acceptors (Lipinski definition) is 3. The zero-order chi connectivity index (χ0) is 13.0. The van der Waals surface area contributed by atoms with Gasteiger partial charge < -0.3 is 22.5 Å². The van der Waals surface area contributed by atoms with Gasteiger partial charge in [0, 0.05) is 17.1 Å². The largest absolute Gasteiger partial charge is 0.399 e. The van der Waals surface area contributed by atoms with Gasteiger partial charge in [-0.25, -0.2) is 4.99 Å². The van der Waals surface area contributed by atoms with Crippen molar-refractivity contribution in [3.63, 3.8) is 0 Å². The lowest BCUT2D eigenvalue weighted by atomic mass is 10.2. The molecule has 0 aliphatic rings. The molecule has 0 aromatic heterocycles. The molecule has 0 heterocycles. The second-order valence-corrected chi connectivity index (χ2v) is 3.83. The lowest BCUT2D eigenvalue weighted by molar-refractivity contribution is 1.42. The maximum absolute atomic E-state index is 5.62. The Morgan fingerprint density at radius 3 is 1.83 bits per heavy atom. The van der Waals surface area contributed by atoms with Gasteiger partial charge in [0.2, 0.25) is 0 Å². The maximum Gasteiger partial charge on any atom is 0.191 e. The third-order valence-corrected chi connectivity index (χ3v) is 2.32. The molecule has 0 saturated carbocycles. The monoisotopic (exact) mass is 241 g/mol. The molecule has 2 aromatic rings. The summed E-state index contributed by atoms with van der Waals surface area (Å²) in [5.41, 5.74) is 19.6. The fourth-order valence-electron chi connectivity index (χ4n) is 1.50. The van der Waals surface area contributed by atoms with Crippen molar-refractivity contribution in [2.75, 3.05) is 11.1 Å². The van der Waals surface area contributed by atoms with Crippen LogP contribution in [0.25, 0.3) is 0 Å². The van der Waals surface area contributed by atoms with Crippen LogP contribution >= 0.6 is 0 Å². The van der Waals surface area contributed by atoms with E-state index in [-0.39, 0.29) is 5.96 Å². The highest BCUT2D eigenvalue weighted by molar-refractivity contribution is 5.79. The Morgan fingerprint density at radius 2 is 1.33 bits per heavy atom. The average molecular weight is 241 g/mol. The van der Waals surface area contributed by atoms with Gasteiger partial charge in [0.1, 0.15) is 0 Å². The zero-order valence-corrected chi connectivity index (χ0v) is 9.80. The fraction of sp³-hybridized carbons (Fsp3) is 0. The standard InChI is InChI=1S/C13H15N5/c14-9-1-3-10(4-2-9)17-11-5-7-12(8-6-11)18-13(15)16/h1-8,17H,14H2,(H4,15,16,18). The van der Waals surface area contributed by atoms with Crippen molar-refractivity contribution in [3.05, 3.63) is 48.5 Å². The van der Waals surface area contributed by atoms with Gasteiger partial charge in [-0.1, -0.05) is 0 Å². The molecule has 0 bridgehead atoms. The number of guanidine groups is 1. The molecule has 2 rings (SSSR count). The van der Waals surface area contributed by atoms with Gasteiger partial charge in [-0.05, 0) is 48.5 Å². The first-order valence-corrected chi connectivity index (χ1v) is 5.46. The molecule has 5 nitrogen and oxygen atoms in total. The molecule has 0 atom stereocenters. The normalized spacial score (nSPS) is 9.78. The van der Waals surface area contributed by atoms with Crippen molar-refractivity contribution in [2.45, 2.75) is 0 Å². The van der Waals surface area contributed by atoms with E-state index in [0.29, 0.717) is 0 Å². The highest BCUT2D eigenvalue weighted by Crippen LogP contribution is 2.20. The van der Waals surface area contributed by atoms with Crippen molar-refractivity contribution >= 4 is 28.7 Å². The quantitative estimate of drug-likeness (QED) is 0.374. The van der Waals surface area contributed by atoms with Crippen LogP contribution in [0.5, 0.6) is 0 Å². The first-order chi connectivity index (χ1) is 8.63. The number of benzene rings is 2. The van der Waals surface area contributed by atoms with Crippen LogP contribution in [-0.2, 0) is 0 Å². The molecule has 18 heavy (non-hydrogen) atoms. The smallest absolute Gasteiger partial charge is 0.191 e. The predicted molar refractivity (Wildman–Crippen MR) is 76.0 cm³/mol. The molecule has 5 heteroatoms. The summed E-state index contributed by atoms with van der Waals surface area (Å²) in [5, 5.41) is 3.25. The second-order valence-electron chi connectivity index (χ2n) is 3.83. The van der Waals surface area contributed by atoms with Crippen LogP contribution in [-0.4, -0.2) is 5.96 Å². The molecule has 0 aliphatic carbocycles. The summed E-state index contributed by atoms with van der Waals surface area (Å²) in [4.78, 5) is 3.95. The van der Waals surface area contributed by atoms with Crippen LogP contribution in [0, 0.1) is 0 Å². The molecular formula is C13H15N5. The van der Waals surface area contributed by atoms with Gasteiger partial charge >= 0.3 is 0 Å². The number of hydrogen-bond donors (Lipinski definition) is 4. The lowest BCUT2D eigenvalue weighted by Crippen LogP contribution is -2.21. The summed E-state index contributed by atoms with van der Waals surface area (Å²) >= 11 is 0. The number of anilines is 3. The maximum atomic E-state index is 5.62. The lowest BCUT2D eigenvalue weighted by Gasteiger charge is -2.06. The molecule has 0 fully saturated rings. The molecule has 0 aliphatic heterocycles. The van der Waals surface area contributed by atoms with E-state index in [4.69, 9.17) is 17.2 Å². The third-order valence-electron chi connectivity index (χ3n) is 2.32. The third kappa shape index (κ3) is 3.15. The Morgan fingerprint density at radius 1 is 0.833 bits per heavy atom. The van der Waals surface area contributed by atoms with Gasteiger partial charge in [0.05, 0.1) is 5.69 Å². The van der Waals surface area contributed by atoms with Crippen molar-refractivity contribution in [1.29, 1.82) is 0 Å². The first kappa shape index (κ1) is 11.8. The van der Waals surface area contributed by atoms with Gasteiger partial charge in [-0.2, -0.15) is 0 Å².